The number of nitrogens with zero attached hydrogens (tertiary/aromatic N) is 2. The molecule has 1 heterocycles. The van der Waals surface area contributed by atoms with Crippen molar-refractivity contribution in [1.82, 2.24) is 9.97 Å². The summed E-state index contributed by atoms with van der Waals surface area (Å²) in [6.07, 6.45) is 7.35. The molecule has 0 amide bonds. The van der Waals surface area contributed by atoms with E-state index in [-0.39, 0.29) is 0 Å². The third-order valence-electron chi connectivity index (χ3n) is 3.45. The zero-order valence-electron chi connectivity index (χ0n) is 9.63. The molecule has 1 aliphatic carbocycles. The van der Waals surface area contributed by atoms with E-state index in [0.717, 1.165) is 17.2 Å². The Balaban J connectivity index is 1.86. The topological polar surface area (TPSA) is 51.8 Å². The smallest absolute Gasteiger partial charge is 0.141 e. The van der Waals surface area contributed by atoms with Crippen LogP contribution in [0.15, 0.2) is 36.7 Å². The average molecular weight is 225 g/mol. The summed E-state index contributed by atoms with van der Waals surface area (Å²) < 4.78 is 0. The molecule has 0 saturated heterocycles. The molecule has 0 aliphatic heterocycles. The number of aromatic nitrogens is 2. The summed E-state index contributed by atoms with van der Waals surface area (Å²) in [5.74, 6) is 1.24. The molecule has 2 N–H and O–H groups in total. The van der Waals surface area contributed by atoms with Gasteiger partial charge in [0.05, 0.1) is 18.1 Å². The molecule has 3 rings (SSSR count). The van der Waals surface area contributed by atoms with E-state index in [2.05, 4.69) is 34.2 Å². The Kier molecular flexibility index (Phi) is 2.52. The van der Waals surface area contributed by atoms with Gasteiger partial charge in [-0.15, -0.1) is 0 Å². The fraction of sp³-hybridized carbons (Fsp3) is 0.286. The van der Waals surface area contributed by atoms with E-state index in [1.807, 2.05) is 0 Å². The first-order valence-electron chi connectivity index (χ1n) is 6.01. The molecule has 0 radical (unpaired) electrons. The van der Waals surface area contributed by atoms with Crippen molar-refractivity contribution in [2.24, 2.45) is 0 Å². The van der Waals surface area contributed by atoms with Crippen molar-refractivity contribution in [3.8, 4) is 11.3 Å². The van der Waals surface area contributed by atoms with Gasteiger partial charge in [-0.1, -0.05) is 30.7 Å². The second-order valence-electron chi connectivity index (χ2n) is 4.58. The second-order valence-corrected chi connectivity index (χ2v) is 4.58. The third kappa shape index (κ3) is 2.00. The lowest BCUT2D eigenvalue weighted by Gasteiger charge is -2.25. The van der Waals surface area contributed by atoms with Crippen LogP contribution in [0.4, 0.5) is 5.82 Å². The van der Waals surface area contributed by atoms with Crippen LogP contribution in [0.1, 0.15) is 30.7 Å². The summed E-state index contributed by atoms with van der Waals surface area (Å²) in [7, 11) is 0. The van der Waals surface area contributed by atoms with Crippen molar-refractivity contribution in [3.63, 3.8) is 0 Å². The Labute approximate surface area is 101 Å². The zero-order valence-corrected chi connectivity index (χ0v) is 9.63. The molecular weight excluding hydrogens is 210 g/mol. The van der Waals surface area contributed by atoms with Crippen LogP contribution in [0.5, 0.6) is 0 Å². The highest BCUT2D eigenvalue weighted by molar-refractivity contribution is 5.59. The van der Waals surface area contributed by atoms with Crippen LogP contribution in [0.3, 0.4) is 0 Å². The number of hydrogen-bond acceptors (Lipinski definition) is 3. The van der Waals surface area contributed by atoms with Gasteiger partial charge in [-0.3, -0.25) is 4.98 Å². The van der Waals surface area contributed by atoms with Gasteiger partial charge in [0.15, 0.2) is 0 Å². The van der Waals surface area contributed by atoms with Gasteiger partial charge < -0.3 is 5.73 Å². The van der Waals surface area contributed by atoms with Gasteiger partial charge in [0.1, 0.15) is 5.82 Å². The lowest BCUT2D eigenvalue weighted by Crippen LogP contribution is -2.08. The van der Waals surface area contributed by atoms with Crippen LogP contribution in [-0.2, 0) is 0 Å². The van der Waals surface area contributed by atoms with Gasteiger partial charge in [0, 0.05) is 5.56 Å². The van der Waals surface area contributed by atoms with Crippen LogP contribution in [0.25, 0.3) is 11.3 Å². The Morgan fingerprint density at radius 1 is 1.00 bits per heavy atom. The van der Waals surface area contributed by atoms with Crippen LogP contribution in [-0.4, -0.2) is 9.97 Å². The number of nitrogens with two attached hydrogens (primary N) is 1. The number of anilines is 1. The molecule has 3 nitrogen and oxygen atoms in total. The normalized spacial score (nSPS) is 15.5. The molecule has 17 heavy (non-hydrogen) atoms. The van der Waals surface area contributed by atoms with E-state index in [0.29, 0.717) is 5.82 Å². The van der Waals surface area contributed by atoms with Crippen molar-refractivity contribution in [2.75, 3.05) is 5.73 Å². The minimum atomic E-state index is 0.458. The monoisotopic (exact) mass is 225 g/mol. The van der Waals surface area contributed by atoms with Crippen LogP contribution in [0.2, 0.25) is 0 Å². The molecule has 1 aromatic heterocycles. The van der Waals surface area contributed by atoms with Gasteiger partial charge in [-0.05, 0) is 24.3 Å². The lowest BCUT2D eigenvalue weighted by molar-refractivity contribution is 0.420. The maximum atomic E-state index is 5.52. The summed E-state index contributed by atoms with van der Waals surface area (Å²) in [6.45, 7) is 0. The van der Waals surface area contributed by atoms with E-state index in [1.165, 1.54) is 24.8 Å². The van der Waals surface area contributed by atoms with Crippen molar-refractivity contribution in [3.05, 3.63) is 42.2 Å². The number of nitrogen functional groups attached to an aromatic ring is 1. The zero-order chi connectivity index (χ0) is 11.7. The molecule has 1 fully saturated rings. The summed E-state index contributed by atoms with van der Waals surface area (Å²) >= 11 is 0. The molecule has 1 aliphatic rings. The van der Waals surface area contributed by atoms with E-state index < -0.39 is 0 Å². The Morgan fingerprint density at radius 2 is 1.76 bits per heavy atom. The summed E-state index contributed by atoms with van der Waals surface area (Å²) in [4.78, 5) is 8.33. The highest BCUT2D eigenvalue weighted by Gasteiger charge is 2.18. The van der Waals surface area contributed by atoms with Crippen molar-refractivity contribution in [1.29, 1.82) is 0 Å². The lowest BCUT2D eigenvalue weighted by atomic mass is 9.80. The first-order chi connectivity index (χ1) is 8.33. The second kappa shape index (κ2) is 4.17. The molecule has 3 heteroatoms. The standard InChI is InChI=1S/C14H15N3/c15-14-9-16-13(8-17-14)12-6-4-11(5-7-12)10-2-1-3-10/h4-10H,1-3H2,(H2,15,17). The fourth-order valence-corrected chi connectivity index (χ4v) is 2.15. The first kappa shape index (κ1) is 10.3. The van der Waals surface area contributed by atoms with Gasteiger partial charge >= 0.3 is 0 Å². The number of rotatable bonds is 2. The van der Waals surface area contributed by atoms with Crippen molar-refractivity contribution in [2.45, 2.75) is 25.2 Å². The molecular formula is C14H15N3. The van der Waals surface area contributed by atoms with E-state index >= 15 is 0 Å². The van der Waals surface area contributed by atoms with E-state index in [1.54, 1.807) is 12.4 Å². The molecule has 2 aromatic rings. The molecule has 1 aromatic carbocycles. The fourth-order valence-electron chi connectivity index (χ4n) is 2.15. The number of benzene rings is 1. The van der Waals surface area contributed by atoms with Gasteiger partial charge in [0.25, 0.3) is 0 Å². The third-order valence-corrected chi connectivity index (χ3v) is 3.45. The van der Waals surface area contributed by atoms with Gasteiger partial charge in [0.2, 0.25) is 0 Å². The Bertz CT molecular complexity index is 498. The van der Waals surface area contributed by atoms with Gasteiger partial charge in [-0.25, -0.2) is 4.98 Å². The number of hydrogen-bond donors (Lipinski definition) is 1. The largest absolute Gasteiger partial charge is 0.382 e. The van der Waals surface area contributed by atoms with Crippen LogP contribution < -0.4 is 5.73 Å². The molecule has 86 valence electrons. The van der Waals surface area contributed by atoms with Gasteiger partial charge in [-0.2, -0.15) is 0 Å². The van der Waals surface area contributed by atoms with Crippen molar-refractivity contribution < 1.29 is 0 Å². The minimum Gasteiger partial charge on any atom is -0.382 e. The predicted molar refractivity (Wildman–Crippen MR) is 68.5 cm³/mol. The first-order valence-corrected chi connectivity index (χ1v) is 6.01. The minimum absolute atomic E-state index is 0.458. The molecule has 1 saturated carbocycles. The molecule has 0 unspecified atom stereocenters. The predicted octanol–water partition coefficient (Wildman–Crippen LogP) is 2.99. The molecule has 0 spiro atoms. The van der Waals surface area contributed by atoms with Crippen molar-refractivity contribution >= 4 is 5.82 Å². The summed E-state index contributed by atoms with van der Waals surface area (Å²) in [5, 5.41) is 0. The Hall–Kier alpha value is -1.90. The maximum absolute atomic E-state index is 5.52. The van der Waals surface area contributed by atoms with E-state index in [9.17, 15) is 0 Å². The summed E-state index contributed by atoms with van der Waals surface area (Å²) in [5.41, 5.74) is 8.94. The average Bonchev–Trinajstić information content (AvgIpc) is 2.29. The quantitative estimate of drug-likeness (QED) is 0.854. The van der Waals surface area contributed by atoms with Crippen LogP contribution in [0, 0.1) is 0 Å². The Morgan fingerprint density at radius 3 is 2.29 bits per heavy atom. The summed E-state index contributed by atoms with van der Waals surface area (Å²) in [6, 6.07) is 8.65. The van der Waals surface area contributed by atoms with Crippen LogP contribution >= 0.6 is 0 Å². The highest BCUT2D eigenvalue weighted by Crippen LogP contribution is 2.36. The van der Waals surface area contributed by atoms with E-state index in [4.69, 9.17) is 5.73 Å². The highest BCUT2D eigenvalue weighted by atomic mass is 14.9. The molecule has 0 atom stereocenters. The maximum Gasteiger partial charge on any atom is 0.141 e. The SMILES string of the molecule is Nc1cnc(-c2ccc(C3CCC3)cc2)cn1. The molecule has 0 bridgehead atoms.